The van der Waals surface area contributed by atoms with Gasteiger partial charge in [-0.1, -0.05) is 0 Å². The van der Waals surface area contributed by atoms with Gasteiger partial charge in [-0.05, 0) is 38.3 Å². The number of thiophene rings is 1. The van der Waals surface area contributed by atoms with Crippen molar-refractivity contribution in [1.29, 1.82) is 0 Å². The highest BCUT2D eigenvalue weighted by Crippen LogP contribution is 2.28. The molecule has 3 unspecified atom stereocenters. The van der Waals surface area contributed by atoms with Crippen LogP contribution in [0.2, 0.25) is 0 Å². The van der Waals surface area contributed by atoms with Gasteiger partial charge in [0.1, 0.15) is 0 Å². The minimum Gasteiger partial charge on any atom is -0.347 e. The van der Waals surface area contributed by atoms with Crippen molar-refractivity contribution >= 4 is 23.0 Å². The van der Waals surface area contributed by atoms with E-state index in [9.17, 15) is 9.59 Å². The summed E-state index contributed by atoms with van der Waals surface area (Å²) in [4.78, 5) is 24.5. The minimum atomic E-state index is -0.0492. The predicted octanol–water partition coefficient (Wildman–Crippen LogP) is 1.57. The predicted molar refractivity (Wildman–Crippen MR) is 70.1 cm³/mol. The lowest BCUT2D eigenvalue weighted by atomic mass is 9.95. The number of carbonyl (C=O) groups excluding carboxylic acids is 2. The van der Waals surface area contributed by atoms with Crippen LogP contribution in [0.3, 0.4) is 0 Å². The number of amides is 1. The molecule has 2 fully saturated rings. The topological polar surface area (TPSA) is 58.2 Å². The van der Waals surface area contributed by atoms with E-state index >= 15 is 0 Å². The third-order valence-electron chi connectivity index (χ3n) is 3.79. The zero-order valence-electron chi connectivity index (χ0n) is 10.2. The molecule has 1 aromatic heterocycles. The molecule has 2 aliphatic heterocycles. The van der Waals surface area contributed by atoms with E-state index in [0.29, 0.717) is 21.8 Å². The van der Waals surface area contributed by atoms with Crippen LogP contribution >= 0.6 is 11.3 Å². The van der Waals surface area contributed by atoms with Gasteiger partial charge in [0, 0.05) is 18.1 Å². The van der Waals surface area contributed by atoms with E-state index in [2.05, 4.69) is 10.6 Å². The van der Waals surface area contributed by atoms with E-state index < -0.39 is 0 Å². The molecule has 0 aromatic carbocycles. The van der Waals surface area contributed by atoms with Gasteiger partial charge in [0.15, 0.2) is 5.78 Å². The third-order valence-corrected chi connectivity index (χ3v) is 4.98. The highest BCUT2D eigenvalue weighted by atomic mass is 32.1. The summed E-state index contributed by atoms with van der Waals surface area (Å²) in [5.41, 5.74) is 0. The van der Waals surface area contributed by atoms with Gasteiger partial charge in [-0.2, -0.15) is 0 Å². The van der Waals surface area contributed by atoms with E-state index in [-0.39, 0.29) is 17.7 Å². The second-order valence-electron chi connectivity index (χ2n) is 5.08. The molecule has 18 heavy (non-hydrogen) atoms. The standard InChI is InChI=1S/C13H16N2O2S/c1-7(16)11-4-5-12(18-11)13(17)15-10-6-8-2-3-9(10)14-8/h4-5,8-10,14H,2-3,6H2,1H3,(H,15,17). The number of nitrogens with one attached hydrogen (secondary N) is 2. The summed E-state index contributed by atoms with van der Waals surface area (Å²) in [6.45, 7) is 1.52. The molecule has 5 heteroatoms. The largest absolute Gasteiger partial charge is 0.347 e. The molecule has 3 rings (SSSR count). The highest BCUT2D eigenvalue weighted by Gasteiger charge is 2.39. The Balaban J connectivity index is 1.65. The molecule has 2 bridgehead atoms. The number of Topliss-reactive ketones (excluding diaryl/α,β-unsaturated/α-hetero) is 1. The van der Waals surface area contributed by atoms with Crippen LogP contribution in [0.1, 0.15) is 45.5 Å². The number of rotatable bonds is 3. The summed E-state index contributed by atoms with van der Waals surface area (Å²) < 4.78 is 0. The van der Waals surface area contributed by atoms with Crippen molar-refractivity contribution in [2.45, 2.75) is 44.3 Å². The Morgan fingerprint density at radius 3 is 2.67 bits per heavy atom. The van der Waals surface area contributed by atoms with Gasteiger partial charge >= 0.3 is 0 Å². The molecule has 3 atom stereocenters. The fraction of sp³-hybridized carbons (Fsp3) is 0.538. The minimum absolute atomic E-state index is 0.0145. The van der Waals surface area contributed by atoms with Crippen molar-refractivity contribution in [3.05, 3.63) is 21.9 Å². The SMILES string of the molecule is CC(=O)c1ccc(C(=O)NC2CC3CCC2N3)s1. The molecular weight excluding hydrogens is 248 g/mol. The van der Waals surface area contributed by atoms with Crippen molar-refractivity contribution < 1.29 is 9.59 Å². The molecule has 3 heterocycles. The zero-order chi connectivity index (χ0) is 12.7. The van der Waals surface area contributed by atoms with Gasteiger partial charge < -0.3 is 10.6 Å². The molecule has 0 saturated carbocycles. The molecule has 96 valence electrons. The maximum Gasteiger partial charge on any atom is 0.261 e. The van der Waals surface area contributed by atoms with Crippen LogP contribution in [0, 0.1) is 0 Å². The Kier molecular flexibility index (Phi) is 2.95. The van der Waals surface area contributed by atoms with E-state index in [1.54, 1.807) is 12.1 Å². The Labute approximate surface area is 110 Å². The molecule has 1 aromatic rings. The quantitative estimate of drug-likeness (QED) is 0.815. The van der Waals surface area contributed by atoms with Gasteiger partial charge in [0.2, 0.25) is 0 Å². The summed E-state index contributed by atoms with van der Waals surface area (Å²) in [7, 11) is 0. The van der Waals surface area contributed by atoms with Crippen LogP contribution in [0.4, 0.5) is 0 Å². The van der Waals surface area contributed by atoms with Crippen molar-refractivity contribution in [1.82, 2.24) is 10.6 Å². The molecule has 4 nitrogen and oxygen atoms in total. The molecule has 0 spiro atoms. The first-order chi connectivity index (χ1) is 8.63. The molecule has 0 radical (unpaired) electrons. The van der Waals surface area contributed by atoms with E-state index in [1.165, 1.54) is 24.7 Å². The van der Waals surface area contributed by atoms with Crippen molar-refractivity contribution in [2.75, 3.05) is 0 Å². The average molecular weight is 264 g/mol. The van der Waals surface area contributed by atoms with Gasteiger partial charge in [0.25, 0.3) is 5.91 Å². The fourth-order valence-corrected chi connectivity index (χ4v) is 3.68. The number of carbonyl (C=O) groups is 2. The molecule has 0 aliphatic carbocycles. The Hall–Kier alpha value is -1.20. The van der Waals surface area contributed by atoms with Crippen molar-refractivity contribution in [3.63, 3.8) is 0 Å². The summed E-state index contributed by atoms with van der Waals surface area (Å²) in [5, 5.41) is 6.57. The third kappa shape index (κ3) is 2.08. The summed E-state index contributed by atoms with van der Waals surface area (Å²) in [5.74, 6) is -0.0347. The first-order valence-electron chi connectivity index (χ1n) is 6.31. The molecule has 2 aliphatic rings. The Morgan fingerprint density at radius 2 is 2.11 bits per heavy atom. The smallest absolute Gasteiger partial charge is 0.261 e. The lowest BCUT2D eigenvalue weighted by Gasteiger charge is -2.20. The van der Waals surface area contributed by atoms with Crippen molar-refractivity contribution in [2.24, 2.45) is 0 Å². The summed E-state index contributed by atoms with van der Waals surface area (Å²) in [6, 6.07) is 4.72. The lowest BCUT2D eigenvalue weighted by molar-refractivity contribution is 0.0934. The lowest BCUT2D eigenvalue weighted by Crippen LogP contribution is -2.42. The summed E-state index contributed by atoms with van der Waals surface area (Å²) in [6.07, 6.45) is 3.41. The molecule has 2 saturated heterocycles. The second-order valence-corrected chi connectivity index (χ2v) is 6.17. The van der Waals surface area contributed by atoms with Crippen LogP contribution in [0.15, 0.2) is 12.1 Å². The van der Waals surface area contributed by atoms with Crippen LogP contribution in [-0.4, -0.2) is 29.8 Å². The first kappa shape index (κ1) is 11.9. The number of hydrogen-bond donors (Lipinski definition) is 2. The first-order valence-corrected chi connectivity index (χ1v) is 7.13. The summed E-state index contributed by atoms with van der Waals surface area (Å²) >= 11 is 1.27. The van der Waals surface area contributed by atoms with Crippen LogP contribution in [0.25, 0.3) is 0 Å². The molecular formula is C13H16N2O2S. The van der Waals surface area contributed by atoms with E-state index in [0.717, 1.165) is 12.8 Å². The number of fused-ring (bicyclic) bond motifs is 2. The van der Waals surface area contributed by atoms with E-state index in [4.69, 9.17) is 0 Å². The number of hydrogen-bond acceptors (Lipinski definition) is 4. The van der Waals surface area contributed by atoms with Gasteiger partial charge in [-0.15, -0.1) is 11.3 Å². The Morgan fingerprint density at radius 1 is 1.33 bits per heavy atom. The number of ketones is 1. The fourth-order valence-electron chi connectivity index (χ4n) is 2.87. The van der Waals surface area contributed by atoms with Crippen LogP contribution < -0.4 is 10.6 Å². The second kappa shape index (κ2) is 4.48. The van der Waals surface area contributed by atoms with Crippen LogP contribution in [0.5, 0.6) is 0 Å². The molecule has 1 amide bonds. The maximum absolute atomic E-state index is 12.1. The molecule has 2 N–H and O–H groups in total. The highest BCUT2D eigenvalue weighted by molar-refractivity contribution is 7.15. The van der Waals surface area contributed by atoms with Gasteiger partial charge in [0.05, 0.1) is 9.75 Å². The normalized spacial score (nSPS) is 29.5. The monoisotopic (exact) mass is 264 g/mol. The van der Waals surface area contributed by atoms with Gasteiger partial charge in [-0.25, -0.2) is 0 Å². The van der Waals surface area contributed by atoms with E-state index in [1.807, 2.05) is 0 Å². The zero-order valence-corrected chi connectivity index (χ0v) is 11.0. The van der Waals surface area contributed by atoms with Gasteiger partial charge in [-0.3, -0.25) is 9.59 Å². The maximum atomic E-state index is 12.1. The average Bonchev–Trinajstić information content (AvgIpc) is 3.04. The Bertz CT molecular complexity index is 497. The van der Waals surface area contributed by atoms with Crippen LogP contribution in [-0.2, 0) is 0 Å². The van der Waals surface area contributed by atoms with Crippen molar-refractivity contribution in [3.8, 4) is 0 Å².